The maximum atomic E-state index is 12.6. The third-order valence-electron chi connectivity index (χ3n) is 4.22. The molecule has 0 saturated carbocycles. The molecule has 0 saturated heterocycles. The first-order valence-corrected chi connectivity index (χ1v) is 10.0. The van der Waals surface area contributed by atoms with Gasteiger partial charge in [-0.2, -0.15) is 0 Å². The summed E-state index contributed by atoms with van der Waals surface area (Å²) >= 11 is 5.21. The van der Waals surface area contributed by atoms with Crippen LogP contribution in [-0.4, -0.2) is 23.5 Å². The zero-order valence-corrected chi connectivity index (χ0v) is 17.0. The molecule has 5 nitrogen and oxygen atoms in total. The van der Waals surface area contributed by atoms with Crippen molar-refractivity contribution in [3.63, 3.8) is 0 Å². The van der Waals surface area contributed by atoms with E-state index in [0.29, 0.717) is 24.2 Å². The summed E-state index contributed by atoms with van der Waals surface area (Å²) in [6.07, 6.45) is 4.11. The summed E-state index contributed by atoms with van der Waals surface area (Å²) in [6, 6.07) is 17.1. The van der Waals surface area contributed by atoms with Crippen LogP contribution in [0.25, 0.3) is 0 Å². The van der Waals surface area contributed by atoms with Gasteiger partial charge in [0.15, 0.2) is 5.11 Å². The van der Waals surface area contributed by atoms with Gasteiger partial charge in [-0.05, 0) is 42.8 Å². The molecule has 0 aromatic heterocycles. The Hall–Kier alpha value is -2.73. The molecular weight excluding hydrogens is 370 g/mol. The minimum absolute atomic E-state index is 0.115. The number of carbonyl (C=O) groups is 2. The first kappa shape index (κ1) is 21.6. The second-order valence-electron chi connectivity index (χ2n) is 6.50. The highest BCUT2D eigenvalue weighted by atomic mass is 32.1. The maximum absolute atomic E-state index is 12.6. The molecule has 0 radical (unpaired) electrons. The first-order chi connectivity index (χ1) is 13.6. The van der Waals surface area contributed by atoms with E-state index >= 15 is 0 Å². The second kappa shape index (κ2) is 11.9. The average Bonchev–Trinajstić information content (AvgIpc) is 2.69. The third kappa shape index (κ3) is 7.48. The number of unbranched alkanes of at least 4 members (excludes halogenated alkanes) is 2. The SMILES string of the molecule is CCCCCC(=O)NC(=S)Nc1ccccc1C(=O)NCCc1ccccc1. The van der Waals surface area contributed by atoms with Gasteiger partial charge in [-0.25, -0.2) is 0 Å². The molecular formula is C22H27N3O2S. The van der Waals surface area contributed by atoms with Gasteiger partial charge in [0, 0.05) is 13.0 Å². The van der Waals surface area contributed by atoms with Crippen LogP contribution in [0.1, 0.15) is 48.5 Å². The van der Waals surface area contributed by atoms with Crippen molar-refractivity contribution in [2.75, 3.05) is 11.9 Å². The molecule has 0 atom stereocenters. The van der Waals surface area contributed by atoms with Gasteiger partial charge in [0.05, 0.1) is 11.3 Å². The number of amides is 2. The molecule has 0 spiro atoms. The number of hydrogen-bond donors (Lipinski definition) is 3. The molecule has 2 aromatic carbocycles. The lowest BCUT2D eigenvalue weighted by Gasteiger charge is -2.13. The number of carbonyl (C=O) groups excluding carboxylic acids is 2. The summed E-state index contributed by atoms with van der Waals surface area (Å²) in [4.78, 5) is 24.4. The summed E-state index contributed by atoms with van der Waals surface area (Å²) < 4.78 is 0. The molecule has 0 aliphatic carbocycles. The summed E-state index contributed by atoms with van der Waals surface area (Å²) in [5, 5.41) is 8.75. The van der Waals surface area contributed by atoms with E-state index in [-0.39, 0.29) is 16.9 Å². The molecule has 148 valence electrons. The second-order valence-corrected chi connectivity index (χ2v) is 6.90. The molecule has 2 aromatic rings. The van der Waals surface area contributed by atoms with Crippen LogP contribution < -0.4 is 16.0 Å². The molecule has 2 amide bonds. The van der Waals surface area contributed by atoms with E-state index in [1.807, 2.05) is 36.4 Å². The van der Waals surface area contributed by atoms with E-state index < -0.39 is 0 Å². The zero-order chi connectivity index (χ0) is 20.2. The topological polar surface area (TPSA) is 70.2 Å². The number of anilines is 1. The van der Waals surface area contributed by atoms with Crippen molar-refractivity contribution >= 4 is 34.8 Å². The Morgan fingerprint density at radius 2 is 1.68 bits per heavy atom. The molecule has 3 N–H and O–H groups in total. The van der Waals surface area contributed by atoms with Crippen LogP contribution in [0.2, 0.25) is 0 Å². The molecule has 0 aliphatic rings. The van der Waals surface area contributed by atoms with Crippen LogP contribution in [-0.2, 0) is 11.2 Å². The van der Waals surface area contributed by atoms with Crippen LogP contribution in [0, 0.1) is 0 Å². The largest absolute Gasteiger partial charge is 0.352 e. The monoisotopic (exact) mass is 397 g/mol. The highest BCUT2D eigenvalue weighted by Crippen LogP contribution is 2.15. The van der Waals surface area contributed by atoms with Gasteiger partial charge in [-0.3, -0.25) is 9.59 Å². The van der Waals surface area contributed by atoms with E-state index in [9.17, 15) is 9.59 Å². The third-order valence-corrected chi connectivity index (χ3v) is 4.43. The van der Waals surface area contributed by atoms with E-state index in [4.69, 9.17) is 12.2 Å². The van der Waals surface area contributed by atoms with Crippen molar-refractivity contribution in [2.24, 2.45) is 0 Å². The van der Waals surface area contributed by atoms with Gasteiger partial charge in [0.1, 0.15) is 0 Å². The fraction of sp³-hybridized carbons (Fsp3) is 0.318. The normalized spacial score (nSPS) is 10.2. The molecule has 0 fully saturated rings. The smallest absolute Gasteiger partial charge is 0.253 e. The fourth-order valence-electron chi connectivity index (χ4n) is 2.73. The fourth-order valence-corrected chi connectivity index (χ4v) is 2.95. The van der Waals surface area contributed by atoms with Crippen LogP contribution >= 0.6 is 12.2 Å². The Kier molecular flexibility index (Phi) is 9.15. The van der Waals surface area contributed by atoms with Crippen molar-refractivity contribution < 1.29 is 9.59 Å². The molecule has 2 rings (SSSR count). The van der Waals surface area contributed by atoms with Crippen molar-refractivity contribution in [3.8, 4) is 0 Å². The van der Waals surface area contributed by atoms with E-state index in [1.165, 1.54) is 5.56 Å². The van der Waals surface area contributed by atoms with E-state index in [2.05, 4.69) is 22.9 Å². The highest BCUT2D eigenvalue weighted by molar-refractivity contribution is 7.80. The minimum atomic E-state index is -0.184. The number of nitrogens with one attached hydrogen (secondary N) is 3. The summed E-state index contributed by atoms with van der Waals surface area (Å²) in [6.45, 7) is 2.63. The predicted octanol–water partition coefficient (Wildman–Crippen LogP) is 4.05. The Morgan fingerprint density at radius 1 is 0.964 bits per heavy atom. The first-order valence-electron chi connectivity index (χ1n) is 9.62. The number of hydrogen-bond acceptors (Lipinski definition) is 3. The zero-order valence-electron chi connectivity index (χ0n) is 16.2. The molecule has 0 aliphatic heterocycles. The van der Waals surface area contributed by atoms with Crippen LogP contribution in [0.5, 0.6) is 0 Å². The highest BCUT2D eigenvalue weighted by Gasteiger charge is 2.12. The van der Waals surface area contributed by atoms with E-state index in [1.54, 1.807) is 18.2 Å². The van der Waals surface area contributed by atoms with Gasteiger partial charge < -0.3 is 16.0 Å². The van der Waals surface area contributed by atoms with Crippen LogP contribution in [0.3, 0.4) is 0 Å². The van der Waals surface area contributed by atoms with Crippen molar-refractivity contribution in [1.29, 1.82) is 0 Å². The molecule has 0 heterocycles. The number of benzene rings is 2. The standard InChI is InChI=1S/C22H27N3O2S/c1-2-3-5-14-20(26)25-22(28)24-19-13-9-8-12-18(19)21(27)23-16-15-17-10-6-4-7-11-17/h4,6-13H,2-3,5,14-16H2,1H3,(H,23,27)(H2,24,25,26,28). The Labute approximate surface area is 171 Å². The van der Waals surface area contributed by atoms with Gasteiger partial charge in [-0.1, -0.05) is 62.2 Å². The lowest BCUT2D eigenvalue weighted by atomic mass is 10.1. The number of thiocarbonyl (C=S) groups is 1. The molecule has 0 unspecified atom stereocenters. The Balaban J connectivity index is 1.87. The Morgan fingerprint density at radius 3 is 2.43 bits per heavy atom. The van der Waals surface area contributed by atoms with Crippen LogP contribution in [0.15, 0.2) is 54.6 Å². The van der Waals surface area contributed by atoms with Gasteiger partial charge in [0.2, 0.25) is 5.91 Å². The lowest BCUT2D eigenvalue weighted by molar-refractivity contribution is -0.119. The van der Waals surface area contributed by atoms with Crippen molar-refractivity contribution in [1.82, 2.24) is 10.6 Å². The van der Waals surface area contributed by atoms with Gasteiger partial charge >= 0.3 is 0 Å². The number of para-hydroxylation sites is 1. The molecule has 28 heavy (non-hydrogen) atoms. The predicted molar refractivity (Wildman–Crippen MR) is 117 cm³/mol. The average molecular weight is 398 g/mol. The maximum Gasteiger partial charge on any atom is 0.253 e. The molecule has 6 heteroatoms. The van der Waals surface area contributed by atoms with E-state index in [0.717, 1.165) is 25.7 Å². The summed E-state index contributed by atoms with van der Waals surface area (Å²) in [5.41, 5.74) is 2.22. The number of rotatable bonds is 9. The van der Waals surface area contributed by atoms with Crippen LogP contribution in [0.4, 0.5) is 5.69 Å². The van der Waals surface area contributed by atoms with Gasteiger partial charge in [-0.15, -0.1) is 0 Å². The Bertz CT molecular complexity index is 793. The summed E-state index contributed by atoms with van der Waals surface area (Å²) in [5.74, 6) is -0.299. The lowest BCUT2D eigenvalue weighted by Crippen LogP contribution is -2.35. The van der Waals surface area contributed by atoms with Crippen molar-refractivity contribution in [3.05, 3.63) is 65.7 Å². The molecule has 0 bridgehead atoms. The van der Waals surface area contributed by atoms with Crippen molar-refractivity contribution in [2.45, 2.75) is 39.0 Å². The quantitative estimate of drug-likeness (QED) is 0.441. The minimum Gasteiger partial charge on any atom is -0.352 e. The summed E-state index contributed by atoms with van der Waals surface area (Å²) in [7, 11) is 0. The van der Waals surface area contributed by atoms with Gasteiger partial charge in [0.25, 0.3) is 5.91 Å².